The molecular weight excluding hydrogens is 434 g/mol. The normalized spacial score (nSPS) is 13.4. The van der Waals surface area contributed by atoms with Gasteiger partial charge in [0, 0.05) is 11.9 Å². The van der Waals surface area contributed by atoms with Crippen LogP contribution in [-0.2, 0) is 16.0 Å². The molecule has 2 aromatic carbocycles. The van der Waals surface area contributed by atoms with Crippen molar-refractivity contribution in [2.45, 2.75) is 19.8 Å². The van der Waals surface area contributed by atoms with E-state index in [1.807, 2.05) is 48.5 Å². The molecule has 3 amide bonds. The van der Waals surface area contributed by atoms with Gasteiger partial charge in [-0.05, 0) is 60.7 Å². The highest BCUT2D eigenvalue weighted by atomic mass is 16.5. The van der Waals surface area contributed by atoms with Crippen LogP contribution >= 0.6 is 0 Å². The third kappa shape index (κ3) is 4.91. The van der Waals surface area contributed by atoms with Gasteiger partial charge in [-0.3, -0.25) is 10.1 Å². The van der Waals surface area contributed by atoms with Crippen molar-refractivity contribution in [2.24, 2.45) is 0 Å². The van der Waals surface area contributed by atoms with Gasteiger partial charge in [-0.1, -0.05) is 30.3 Å². The summed E-state index contributed by atoms with van der Waals surface area (Å²) in [4.78, 5) is 41.4. The lowest BCUT2D eigenvalue weighted by Crippen LogP contribution is -2.41. The summed E-state index contributed by atoms with van der Waals surface area (Å²) in [5, 5.41) is 5.24. The number of nitrogens with one attached hydrogen (secondary N) is 2. The third-order valence-corrected chi connectivity index (χ3v) is 5.53. The van der Waals surface area contributed by atoms with Gasteiger partial charge in [0.1, 0.15) is 5.75 Å². The lowest BCUT2D eigenvalue weighted by atomic mass is 10.0. The molecule has 0 radical (unpaired) electrons. The molecule has 4 rings (SSSR count). The zero-order valence-electron chi connectivity index (χ0n) is 19.0. The molecule has 1 heterocycles. The van der Waals surface area contributed by atoms with Crippen LogP contribution in [-0.4, -0.2) is 43.2 Å². The molecule has 0 fully saturated rings. The van der Waals surface area contributed by atoms with Crippen molar-refractivity contribution < 1.29 is 23.9 Å². The van der Waals surface area contributed by atoms with Gasteiger partial charge in [0.05, 0.1) is 23.9 Å². The van der Waals surface area contributed by atoms with Crippen LogP contribution in [0.5, 0.6) is 5.75 Å². The van der Waals surface area contributed by atoms with Gasteiger partial charge < -0.3 is 14.8 Å². The predicted molar refractivity (Wildman–Crippen MR) is 128 cm³/mol. The van der Waals surface area contributed by atoms with E-state index in [-0.39, 0.29) is 0 Å². The van der Waals surface area contributed by atoms with Gasteiger partial charge in [0.25, 0.3) is 5.91 Å². The van der Waals surface area contributed by atoms with Crippen LogP contribution in [0.4, 0.5) is 4.79 Å². The van der Waals surface area contributed by atoms with E-state index in [0.29, 0.717) is 29.4 Å². The second-order valence-electron chi connectivity index (χ2n) is 7.76. The number of rotatable bonds is 6. The molecule has 3 aromatic rings. The second kappa shape index (κ2) is 10.2. The topological polar surface area (TPSA) is 107 Å². The van der Waals surface area contributed by atoms with E-state index in [1.54, 1.807) is 14.0 Å². The molecule has 0 saturated heterocycles. The standard InChI is InChI=1S/C26H25N3O5/c1-3-27-26(32)29-22(30)15-34-25(31)23-19-6-4-5-7-21(19)28-24-17(10-13-20(23)24)14-16-8-11-18(33-2)12-9-16/h4-9,11-12,14H,3,10,13,15H2,1-2H3,(H2,27,29,30,32)/b17-14+. The zero-order valence-corrected chi connectivity index (χ0v) is 19.0. The number of benzene rings is 2. The van der Waals surface area contributed by atoms with Crippen molar-refractivity contribution in [3.8, 4) is 5.75 Å². The molecule has 34 heavy (non-hydrogen) atoms. The van der Waals surface area contributed by atoms with Crippen LogP contribution in [0.1, 0.15) is 40.5 Å². The highest BCUT2D eigenvalue weighted by Crippen LogP contribution is 2.37. The molecule has 0 atom stereocenters. The first-order chi connectivity index (χ1) is 16.5. The minimum absolute atomic E-state index is 0.375. The van der Waals surface area contributed by atoms with Gasteiger partial charge in [-0.25, -0.2) is 14.6 Å². The van der Waals surface area contributed by atoms with Gasteiger partial charge in [0.15, 0.2) is 6.61 Å². The number of aromatic nitrogens is 1. The third-order valence-electron chi connectivity index (χ3n) is 5.53. The summed E-state index contributed by atoms with van der Waals surface area (Å²) in [6.45, 7) is 1.55. The molecule has 0 saturated carbocycles. The van der Waals surface area contributed by atoms with E-state index < -0.39 is 24.5 Å². The lowest BCUT2D eigenvalue weighted by molar-refractivity contribution is -0.123. The van der Waals surface area contributed by atoms with Crippen molar-refractivity contribution in [3.63, 3.8) is 0 Å². The maximum Gasteiger partial charge on any atom is 0.339 e. The number of allylic oxidation sites excluding steroid dienone is 1. The average Bonchev–Trinajstić information content (AvgIpc) is 3.23. The van der Waals surface area contributed by atoms with Crippen molar-refractivity contribution in [2.75, 3.05) is 20.3 Å². The molecule has 174 valence electrons. The predicted octanol–water partition coefficient (Wildman–Crippen LogP) is 3.73. The highest BCUT2D eigenvalue weighted by Gasteiger charge is 2.28. The van der Waals surface area contributed by atoms with Gasteiger partial charge >= 0.3 is 12.0 Å². The molecule has 2 N–H and O–H groups in total. The Labute approximate surface area is 197 Å². The van der Waals surface area contributed by atoms with Crippen molar-refractivity contribution >= 4 is 40.5 Å². The van der Waals surface area contributed by atoms with E-state index in [4.69, 9.17) is 14.5 Å². The van der Waals surface area contributed by atoms with Crippen molar-refractivity contribution in [1.82, 2.24) is 15.6 Å². The number of methoxy groups -OCH3 is 1. The summed E-state index contributed by atoms with van der Waals surface area (Å²) in [5.74, 6) is -0.541. The monoisotopic (exact) mass is 459 g/mol. The van der Waals surface area contributed by atoms with Crippen LogP contribution in [0.2, 0.25) is 0 Å². The van der Waals surface area contributed by atoms with E-state index in [9.17, 15) is 14.4 Å². The molecule has 8 nitrogen and oxygen atoms in total. The minimum Gasteiger partial charge on any atom is -0.497 e. The molecule has 1 aromatic heterocycles. The Bertz CT molecular complexity index is 1280. The van der Waals surface area contributed by atoms with Crippen LogP contribution in [0.3, 0.4) is 0 Å². The van der Waals surface area contributed by atoms with Gasteiger partial charge in [-0.2, -0.15) is 0 Å². The first-order valence-corrected chi connectivity index (χ1v) is 11.0. The van der Waals surface area contributed by atoms with E-state index >= 15 is 0 Å². The first kappa shape index (κ1) is 23.0. The first-order valence-electron chi connectivity index (χ1n) is 11.0. The minimum atomic E-state index is -0.700. The number of amides is 3. The number of imide groups is 1. The Morgan fingerprint density at radius 2 is 1.82 bits per heavy atom. The number of nitrogens with zero attached hydrogens (tertiary/aromatic N) is 1. The summed E-state index contributed by atoms with van der Waals surface area (Å²) in [6.07, 6.45) is 3.41. The molecule has 0 bridgehead atoms. The molecular formula is C26H25N3O5. The fourth-order valence-electron chi connectivity index (χ4n) is 3.98. The molecule has 8 heteroatoms. The number of hydrogen-bond donors (Lipinski definition) is 2. The maximum absolute atomic E-state index is 13.1. The van der Waals surface area contributed by atoms with Gasteiger partial charge in [-0.15, -0.1) is 0 Å². The molecule has 0 aliphatic heterocycles. The highest BCUT2D eigenvalue weighted by molar-refractivity contribution is 6.08. The Kier molecular flexibility index (Phi) is 6.87. The number of carbonyl (C=O) groups is 3. The van der Waals surface area contributed by atoms with Crippen LogP contribution in [0.25, 0.3) is 22.6 Å². The molecule has 1 aliphatic carbocycles. The average molecular weight is 460 g/mol. The molecule has 1 aliphatic rings. The Balaban J connectivity index is 1.64. The van der Waals surface area contributed by atoms with E-state index in [1.165, 1.54) is 0 Å². The maximum atomic E-state index is 13.1. The number of fused-ring (bicyclic) bond motifs is 2. The Morgan fingerprint density at radius 1 is 1.06 bits per heavy atom. The summed E-state index contributed by atoms with van der Waals surface area (Å²) in [6, 6.07) is 14.4. The number of urea groups is 1. The van der Waals surface area contributed by atoms with Gasteiger partial charge in [0.2, 0.25) is 0 Å². The number of esters is 1. The smallest absolute Gasteiger partial charge is 0.339 e. The van der Waals surface area contributed by atoms with Crippen molar-refractivity contribution in [3.05, 3.63) is 70.9 Å². The van der Waals surface area contributed by atoms with E-state index in [0.717, 1.165) is 34.6 Å². The second-order valence-corrected chi connectivity index (χ2v) is 7.76. The molecule has 0 spiro atoms. The van der Waals surface area contributed by atoms with E-state index in [2.05, 4.69) is 16.7 Å². The number of hydrogen-bond acceptors (Lipinski definition) is 6. The van der Waals surface area contributed by atoms with Crippen LogP contribution in [0, 0.1) is 0 Å². The number of pyridine rings is 1. The quantitative estimate of drug-likeness (QED) is 0.544. The van der Waals surface area contributed by atoms with Crippen LogP contribution < -0.4 is 15.4 Å². The number of para-hydroxylation sites is 1. The summed E-state index contributed by atoms with van der Waals surface area (Å²) in [7, 11) is 1.62. The fraction of sp³-hybridized carbons (Fsp3) is 0.231. The SMILES string of the molecule is CCNC(=O)NC(=O)COC(=O)c1c2c(nc3ccccc13)/C(=C/c1ccc(OC)cc1)CC2. The fourth-order valence-corrected chi connectivity index (χ4v) is 3.98. The zero-order chi connectivity index (χ0) is 24.1. The van der Waals surface area contributed by atoms with Crippen molar-refractivity contribution in [1.29, 1.82) is 0 Å². The summed E-state index contributed by atoms with van der Waals surface area (Å²) < 4.78 is 10.5. The number of carbonyl (C=O) groups excluding carboxylic acids is 3. The summed E-state index contributed by atoms with van der Waals surface area (Å²) >= 11 is 0. The molecule has 0 unspecified atom stereocenters. The lowest BCUT2D eigenvalue weighted by Gasteiger charge is -2.12. The largest absolute Gasteiger partial charge is 0.497 e. The number of ether oxygens (including phenoxy) is 2. The Hall–Kier alpha value is -4.20. The Morgan fingerprint density at radius 3 is 2.56 bits per heavy atom. The van der Waals surface area contributed by atoms with Crippen LogP contribution in [0.15, 0.2) is 48.5 Å². The summed E-state index contributed by atoms with van der Waals surface area (Å²) in [5.41, 5.74) is 4.66.